The van der Waals surface area contributed by atoms with Gasteiger partial charge in [0.05, 0.1) is 6.54 Å². The van der Waals surface area contributed by atoms with E-state index < -0.39 is 17.9 Å². The number of benzene rings is 1. The molecule has 0 aromatic heterocycles. The smallest absolute Gasteiger partial charge is 0.410 e. The summed E-state index contributed by atoms with van der Waals surface area (Å²) in [6.07, 6.45) is -0.681. The molecule has 1 unspecified atom stereocenters. The average Bonchev–Trinajstić information content (AvgIpc) is 2.51. The SMILES string of the molecule is C=C(C)c1c(C(F)CC)cc(O)c2c1CCN(C(=O)OC(C)(C)C)C2. The number of amides is 1. The number of phenols is 1. The van der Waals surface area contributed by atoms with Crippen LogP contribution in [0.25, 0.3) is 5.57 Å². The van der Waals surface area contributed by atoms with Crippen molar-refractivity contribution >= 4 is 11.7 Å². The van der Waals surface area contributed by atoms with Crippen molar-refractivity contribution < 1.29 is 19.0 Å². The van der Waals surface area contributed by atoms with Crippen LogP contribution < -0.4 is 0 Å². The van der Waals surface area contributed by atoms with Crippen LogP contribution >= 0.6 is 0 Å². The molecule has 1 atom stereocenters. The molecule has 0 radical (unpaired) electrons. The Hall–Kier alpha value is -2.04. The summed E-state index contributed by atoms with van der Waals surface area (Å²) in [6, 6.07) is 1.48. The minimum atomic E-state index is -1.15. The van der Waals surface area contributed by atoms with Crippen LogP contribution in [0.15, 0.2) is 12.6 Å². The lowest BCUT2D eigenvalue weighted by atomic mass is 9.85. The van der Waals surface area contributed by atoms with E-state index in [1.54, 1.807) is 11.8 Å². The highest BCUT2D eigenvalue weighted by Crippen LogP contribution is 2.40. The van der Waals surface area contributed by atoms with Crippen LogP contribution in [0.5, 0.6) is 5.75 Å². The molecule has 0 saturated carbocycles. The van der Waals surface area contributed by atoms with Crippen LogP contribution in [0.2, 0.25) is 0 Å². The molecule has 1 aromatic rings. The van der Waals surface area contributed by atoms with Gasteiger partial charge in [-0.1, -0.05) is 19.1 Å². The number of hydrogen-bond donors (Lipinski definition) is 1. The summed E-state index contributed by atoms with van der Waals surface area (Å²) in [5.74, 6) is 0.0272. The quantitative estimate of drug-likeness (QED) is 0.822. The fourth-order valence-corrected chi connectivity index (χ4v) is 3.21. The van der Waals surface area contributed by atoms with Gasteiger partial charge < -0.3 is 14.7 Å². The maximum absolute atomic E-state index is 14.4. The van der Waals surface area contributed by atoms with Gasteiger partial charge in [-0.15, -0.1) is 0 Å². The number of aromatic hydroxyl groups is 1. The lowest BCUT2D eigenvalue weighted by Gasteiger charge is -2.33. The minimum absolute atomic E-state index is 0.0272. The molecule has 1 heterocycles. The Bertz CT molecular complexity index is 691. The maximum atomic E-state index is 14.4. The zero-order chi connectivity index (χ0) is 18.9. The first kappa shape index (κ1) is 19.3. The number of phenolic OH excluding ortho intramolecular Hbond substituents is 1. The topological polar surface area (TPSA) is 49.8 Å². The zero-order valence-electron chi connectivity index (χ0n) is 15.8. The number of rotatable bonds is 3. The summed E-state index contributed by atoms with van der Waals surface area (Å²) in [4.78, 5) is 13.9. The van der Waals surface area contributed by atoms with E-state index in [-0.39, 0.29) is 12.3 Å². The molecule has 0 bridgehead atoms. The van der Waals surface area contributed by atoms with Crippen LogP contribution in [0, 0.1) is 0 Å². The molecule has 1 amide bonds. The molecule has 4 nitrogen and oxygen atoms in total. The third kappa shape index (κ3) is 4.14. The van der Waals surface area contributed by atoms with E-state index in [1.807, 2.05) is 27.7 Å². The van der Waals surface area contributed by atoms with Crippen molar-refractivity contribution in [3.8, 4) is 5.75 Å². The zero-order valence-corrected chi connectivity index (χ0v) is 15.8. The predicted molar refractivity (Wildman–Crippen MR) is 97.3 cm³/mol. The molecule has 0 fully saturated rings. The summed E-state index contributed by atoms with van der Waals surface area (Å²) in [5.41, 5.74) is 3.01. The van der Waals surface area contributed by atoms with Crippen molar-refractivity contribution in [2.45, 2.75) is 65.8 Å². The Labute approximate surface area is 149 Å². The van der Waals surface area contributed by atoms with Gasteiger partial charge in [-0.05, 0) is 63.3 Å². The first-order valence-electron chi connectivity index (χ1n) is 8.70. The Kier molecular flexibility index (Phi) is 5.45. The largest absolute Gasteiger partial charge is 0.508 e. The molecular weight excluding hydrogens is 321 g/mol. The molecular formula is C20H28FNO3. The van der Waals surface area contributed by atoms with Crippen LogP contribution in [-0.2, 0) is 17.7 Å². The van der Waals surface area contributed by atoms with Gasteiger partial charge in [0, 0.05) is 12.1 Å². The van der Waals surface area contributed by atoms with Gasteiger partial charge >= 0.3 is 6.09 Å². The second-order valence-electron chi connectivity index (χ2n) is 7.63. The van der Waals surface area contributed by atoms with Crippen LogP contribution in [0.3, 0.4) is 0 Å². The first-order chi connectivity index (χ1) is 11.5. The standard InChI is InChI=1S/C20H28FNO3/c1-7-16(21)14-10-17(23)15-11-22(19(24)25-20(4,5)6)9-8-13(15)18(14)12(2)3/h10,16,23H,2,7-9,11H2,1,3-6H3. The number of fused-ring (bicyclic) bond motifs is 1. The number of hydrogen-bond acceptors (Lipinski definition) is 3. The Morgan fingerprint density at radius 1 is 1.44 bits per heavy atom. The van der Waals surface area contributed by atoms with Crippen molar-refractivity contribution in [2.24, 2.45) is 0 Å². The second kappa shape index (κ2) is 7.06. The molecule has 0 saturated heterocycles. The van der Waals surface area contributed by atoms with Crippen molar-refractivity contribution in [1.82, 2.24) is 4.90 Å². The van der Waals surface area contributed by atoms with Crippen molar-refractivity contribution in [3.63, 3.8) is 0 Å². The minimum Gasteiger partial charge on any atom is -0.508 e. The lowest BCUT2D eigenvalue weighted by Crippen LogP contribution is -2.40. The number of allylic oxidation sites excluding steroid dienone is 1. The fraction of sp³-hybridized carbons (Fsp3) is 0.550. The molecule has 138 valence electrons. The van der Waals surface area contributed by atoms with Gasteiger partial charge in [0.2, 0.25) is 0 Å². The third-order valence-electron chi connectivity index (χ3n) is 4.31. The van der Waals surface area contributed by atoms with E-state index in [0.29, 0.717) is 30.5 Å². The summed E-state index contributed by atoms with van der Waals surface area (Å²) in [6.45, 7) is 13.8. The number of ether oxygens (including phenoxy) is 1. The van der Waals surface area contributed by atoms with Crippen molar-refractivity contribution in [1.29, 1.82) is 0 Å². The van der Waals surface area contributed by atoms with Crippen LogP contribution in [-0.4, -0.2) is 28.2 Å². The lowest BCUT2D eigenvalue weighted by molar-refractivity contribution is 0.0222. The van der Waals surface area contributed by atoms with Crippen LogP contribution in [0.4, 0.5) is 9.18 Å². The molecule has 0 aliphatic carbocycles. The fourth-order valence-electron chi connectivity index (χ4n) is 3.21. The van der Waals surface area contributed by atoms with Gasteiger partial charge in [-0.3, -0.25) is 0 Å². The van der Waals surface area contributed by atoms with E-state index in [2.05, 4.69) is 6.58 Å². The molecule has 0 spiro atoms. The third-order valence-corrected chi connectivity index (χ3v) is 4.31. The van der Waals surface area contributed by atoms with E-state index in [1.165, 1.54) is 6.07 Å². The molecule has 1 aliphatic heterocycles. The highest BCUT2D eigenvalue weighted by molar-refractivity contribution is 5.74. The van der Waals surface area contributed by atoms with Crippen molar-refractivity contribution in [2.75, 3.05) is 6.54 Å². The van der Waals surface area contributed by atoms with Gasteiger partial charge in [-0.2, -0.15) is 0 Å². The summed E-state index contributed by atoms with van der Waals surface area (Å²) < 4.78 is 19.8. The van der Waals surface area contributed by atoms with Crippen LogP contribution in [0.1, 0.15) is 69.5 Å². The second-order valence-corrected chi connectivity index (χ2v) is 7.63. The van der Waals surface area contributed by atoms with E-state index in [4.69, 9.17) is 4.74 Å². The van der Waals surface area contributed by atoms with E-state index in [0.717, 1.165) is 16.7 Å². The van der Waals surface area contributed by atoms with E-state index in [9.17, 15) is 14.3 Å². The van der Waals surface area contributed by atoms with Gasteiger partial charge in [0.15, 0.2) is 0 Å². The first-order valence-corrected chi connectivity index (χ1v) is 8.70. The van der Waals surface area contributed by atoms with Crippen molar-refractivity contribution in [3.05, 3.63) is 34.9 Å². The number of carbonyl (C=O) groups is 1. The average molecular weight is 349 g/mol. The highest BCUT2D eigenvalue weighted by atomic mass is 19.1. The predicted octanol–water partition coefficient (Wildman–Crippen LogP) is 5.14. The summed E-state index contributed by atoms with van der Waals surface area (Å²) in [5, 5.41) is 10.4. The number of alkyl halides is 1. The van der Waals surface area contributed by atoms with Gasteiger partial charge in [0.25, 0.3) is 0 Å². The maximum Gasteiger partial charge on any atom is 0.410 e. The monoisotopic (exact) mass is 349 g/mol. The number of carbonyl (C=O) groups excluding carboxylic acids is 1. The molecule has 1 aromatic carbocycles. The van der Waals surface area contributed by atoms with E-state index >= 15 is 0 Å². The van der Waals surface area contributed by atoms with Gasteiger partial charge in [0.1, 0.15) is 17.5 Å². The number of nitrogens with zero attached hydrogens (tertiary/aromatic N) is 1. The highest BCUT2D eigenvalue weighted by Gasteiger charge is 2.30. The summed E-state index contributed by atoms with van der Waals surface area (Å²) >= 11 is 0. The normalized spacial score (nSPS) is 15.5. The summed E-state index contributed by atoms with van der Waals surface area (Å²) in [7, 11) is 0. The molecule has 1 aliphatic rings. The molecule has 2 rings (SSSR count). The Morgan fingerprint density at radius 2 is 2.08 bits per heavy atom. The molecule has 25 heavy (non-hydrogen) atoms. The Balaban J connectivity index is 2.42. The Morgan fingerprint density at radius 3 is 2.60 bits per heavy atom. The number of halogens is 1. The molecule has 1 N–H and O–H groups in total. The molecule has 5 heteroatoms. The van der Waals surface area contributed by atoms with Gasteiger partial charge in [-0.25, -0.2) is 9.18 Å².